The van der Waals surface area contributed by atoms with Crippen LogP contribution in [0.3, 0.4) is 0 Å². The summed E-state index contributed by atoms with van der Waals surface area (Å²) in [7, 11) is 2.84. The van der Waals surface area contributed by atoms with E-state index in [1.807, 2.05) is 49.4 Å². The molecule has 0 saturated carbocycles. The minimum Gasteiger partial charge on any atom is -0.493 e. The Labute approximate surface area is 255 Å². The van der Waals surface area contributed by atoms with Crippen molar-refractivity contribution in [3.63, 3.8) is 0 Å². The number of aliphatic hydroxyl groups excluding tert-OH is 1. The third-order valence-corrected chi connectivity index (χ3v) is 6.55. The molecule has 0 saturated heterocycles. The van der Waals surface area contributed by atoms with Crippen molar-refractivity contribution < 1.29 is 38.4 Å². The predicted molar refractivity (Wildman–Crippen MR) is 163 cm³/mol. The molecule has 0 aliphatic carbocycles. The number of nitrogens with zero attached hydrogens (tertiary/aromatic N) is 1. The predicted octanol–water partition coefficient (Wildman–Crippen LogP) is 3.79. The molecule has 0 fully saturated rings. The van der Waals surface area contributed by atoms with Gasteiger partial charge in [-0.3, -0.25) is 5.43 Å². The molecule has 2 amide bonds. The van der Waals surface area contributed by atoms with Crippen LogP contribution < -0.4 is 35.0 Å². The number of methoxy groups -OCH3 is 2. The van der Waals surface area contributed by atoms with Crippen LogP contribution >= 0.6 is 0 Å². The van der Waals surface area contributed by atoms with Crippen LogP contribution in [0.5, 0.6) is 23.0 Å². The monoisotopic (exact) mass is 604 g/mol. The summed E-state index contributed by atoms with van der Waals surface area (Å²) in [6.45, 7) is 3.95. The Morgan fingerprint density at radius 1 is 1.02 bits per heavy atom. The number of allylic oxidation sites excluding steroid dienone is 1. The molecule has 232 valence electrons. The van der Waals surface area contributed by atoms with Crippen LogP contribution in [0.4, 0.5) is 4.79 Å². The maximum Gasteiger partial charge on any atom is 0.337 e. The van der Waals surface area contributed by atoms with E-state index in [1.165, 1.54) is 13.3 Å². The second kappa shape index (κ2) is 15.3. The van der Waals surface area contributed by atoms with Gasteiger partial charge in [0.25, 0.3) is 0 Å². The van der Waals surface area contributed by atoms with Gasteiger partial charge in [-0.05, 0) is 49.2 Å². The minimum atomic E-state index is -1.17. The van der Waals surface area contributed by atoms with Gasteiger partial charge in [0.1, 0.15) is 13.2 Å². The van der Waals surface area contributed by atoms with Crippen LogP contribution in [0.15, 0.2) is 83.1 Å². The molecule has 3 aromatic carbocycles. The lowest BCUT2D eigenvalue weighted by Crippen LogP contribution is -2.45. The molecular weight excluding hydrogens is 568 g/mol. The van der Waals surface area contributed by atoms with E-state index in [1.54, 1.807) is 38.3 Å². The molecule has 12 nitrogen and oxygen atoms in total. The second-order valence-corrected chi connectivity index (χ2v) is 9.57. The Morgan fingerprint density at radius 2 is 1.82 bits per heavy atom. The zero-order chi connectivity index (χ0) is 31.5. The number of ether oxygens (including phenoxy) is 5. The highest BCUT2D eigenvalue weighted by molar-refractivity contribution is 5.95. The van der Waals surface area contributed by atoms with Crippen molar-refractivity contribution in [1.82, 2.24) is 16.1 Å². The average Bonchev–Trinajstić information content (AvgIpc) is 3.03. The minimum absolute atomic E-state index is 0.164. The van der Waals surface area contributed by atoms with Crippen molar-refractivity contribution in [2.45, 2.75) is 32.7 Å². The Balaban J connectivity index is 1.42. The van der Waals surface area contributed by atoms with Gasteiger partial charge in [0.2, 0.25) is 0 Å². The summed E-state index contributed by atoms with van der Waals surface area (Å²) in [5.41, 5.74) is 5.54. The van der Waals surface area contributed by atoms with E-state index >= 15 is 0 Å². The molecular formula is C32H36N4O8. The van der Waals surface area contributed by atoms with Gasteiger partial charge in [0.15, 0.2) is 29.2 Å². The molecule has 1 heterocycles. The SMILES string of the molecule is CCOc1cc([C@@H]2NC(=O)NC(C)=C2C(=O)OC)ccc1OC[C@@H](O)N/N=C/c1cccc(OC)c1OCc1ccccc1. The van der Waals surface area contributed by atoms with E-state index in [9.17, 15) is 14.7 Å². The van der Waals surface area contributed by atoms with Crippen molar-refractivity contribution >= 4 is 18.2 Å². The number of carbonyl (C=O) groups is 2. The van der Waals surface area contributed by atoms with E-state index in [4.69, 9.17) is 23.7 Å². The van der Waals surface area contributed by atoms with Gasteiger partial charge in [-0.15, -0.1) is 0 Å². The maximum atomic E-state index is 12.5. The zero-order valence-electron chi connectivity index (χ0n) is 25.0. The number of para-hydroxylation sites is 1. The summed E-state index contributed by atoms with van der Waals surface area (Å²) >= 11 is 0. The van der Waals surface area contributed by atoms with Crippen molar-refractivity contribution in [1.29, 1.82) is 0 Å². The second-order valence-electron chi connectivity index (χ2n) is 9.57. The fourth-order valence-corrected chi connectivity index (χ4v) is 4.49. The molecule has 12 heteroatoms. The highest BCUT2D eigenvalue weighted by Crippen LogP contribution is 2.35. The van der Waals surface area contributed by atoms with Gasteiger partial charge in [0.05, 0.1) is 38.7 Å². The molecule has 3 aromatic rings. The lowest BCUT2D eigenvalue weighted by molar-refractivity contribution is -0.136. The number of amides is 2. The number of aliphatic hydroxyl groups is 1. The first-order valence-electron chi connectivity index (χ1n) is 13.9. The van der Waals surface area contributed by atoms with Crippen molar-refractivity contribution in [2.75, 3.05) is 27.4 Å². The third kappa shape index (κ3) is 7.98. The molecule has 0 bridgehead atoms. The largest absolute Gasteiger partial charge is 0.493 e. The molecule has 2 atom stereocenters. The number of hydrogen-bond donors (Lipinski definition) is 4. The van der Waals surface area contributed by atoms with Crippen LogP contribution in [0.2, 0.25) is 0 Å². The van der Waals surface area contributed by atoms with Gasteiger partial charge in [0, 0.05) is 11.3 Å². The van der Waals surface area contributed by atoms with Crippen molar-refractivity contribution in [2.24, 2.45) is 5.10 Å². The molecule has 44 heavy (non-hydrogen) atoms. The van der Waals surface area contributed by atoms with Gasteiger partial charge in [-0.25, -0.2) is 9.59 Å². The fraction of sp³-hybridized carbons (Fsp3) is 0.281. The first-order valence-corrected chi connectivity index (χ1v) is 13.9. The summed E-state index contributed by atoms with van der Waals surface area (Å²) in [6.07, 6.45) is 0.355. The third-order valence-electron chi connectivity index (χ3n) is 6.55. The Bertz CT molecular complexity index is 1510. The summed E-state index contributed by atoms with van der Waals surface area (Å²) in [5, 5.41) is 20.0. The first kappa shape index (κ1) is 31.7. The average molecular weight is 605 g/mol. The molecule has 4 rings (SSSR count). The lowest BCUT2D eigenvalue weighted by atomic mass is 9.95. The van der Waals surface area contributed by atoms with E-state index in [-0.39, 0.29) is 12.2 Å². The quantitative estimate of drug-likeness (QED) is 0.0933. The zero-order valence-corrected chi connectivity index (χ0v) is 25.0. The molecule has 1 aliphatic heterocycles. The van der Waals surface area contributed by atoms with E-state index in [0.717, 1.165) is 5.56 Å². The highest BCUT2D eigenvalue weighted by atomic mass is 16.5. The van der Waals surface area contributed by atoms with Crippen molar-refractivity contribution in [3.8, 4) is 23.0 Å². The van der Waals surface area contributed by atoms with E-state index < -0.39 is 24.3 Å². The fourth-order valence-electron chi connectivity index (χ4n) is 4.49. The summed E-state index contributed by atoms with van der Waals surface area (Å²) in [4.78, 5) is 24.6. The first-order chi connectivity index (χ1) is 21.3. The molecule has 1 aliphatic rings. The summed E-state index contributed by atoms with van der Waals surface area (Å²) in [5.74, 6) is 1.21. The molecule has 4 N–H and O–H groups in total. The number of rotatable bonds is 14. The number of nitrogens with one attached hydrogen (secondary N) is 3. The molecule has 0 unspecified atom stereocenters. The smallest absolute Gasteiger partial charge is 0.337 e. The lowest BCUT2D eigenvalue weighted by Gasteiger charge is -2.28. The van der Waals surface area contributed by atoms with Crippen LogP contribution in [0.1, 0.15) is 36.6 Å². The number of benzene rings is 3. The molecule has 0 spiro atoms. The van der Waals surface area contributed by atoms with Crippen molar-refractivity contribution in [3.05, 3.63) is 94.7 Å². The number of esters is 1. The van der Waals surface area contributed by atoms with Crippen LogP contribution in [0, 0.1) is 0 Å². The number of carbonyl (C=O) groups excluding carboxylic acids is 2. The number of urea groups is 1. The van der Waals surface area contributed by atoms with Gasteiger partial charge < -0.3 is 39.4 Å². The standard InChI is InChI=1S/C32H36N4O8/c1-5-42-26-16-22(29-28(31(38)41-4)20(2)34-32(39)35-29)14-15-24(26)43-19-27(37)36-33-17-23-12-9-13-25(40-3)30(23)44-18-21-10-7-6-8-11-21/h6-17,27,29,36-37H,5,18-19H2,1-4H3,(H2,34,35,39)/b33-17+/t27-,29+/m1/s1. The Morgan fingerprint density at radius 3 is 2.55 bits per heavy atom. The van der Waals surface area contributed by atoms with Crippen LogP contribution in [-0.2, 0) is 16.1 Å². The van der Waals surface area contributed by atoms with Gasteiger partial charge in [-0.2, -0.15) is 5.10 Å². The van der Waals surface area contributed by atoms with Crippen LogP contribution in [-0.4, -0.2) is 57.0 Å². The topological polar surface area (TPSA) is 149 Å². The summed E-state index contributed by atoms with van der Waals surface area (Å²) in [6, 6.07) is 19.0. The van der Waals surface area contributed by atoms with E-state index in [2.05, 4.69) is 21.2 Å². The Kier molecular flexibility index (Phi) is 11.0. The molecule has 0 radical (unpaired) electrons. The van der Waals surface area contributed by atoms with Crippen LogP contribution in [0.25, 0.3) is 0 Å². The molecule has 0 aromatic heterocycles. The van der Waals surface area contributed by atoms with Gasteiger partial charge >= 0.3 is 12.0 Å². The highest BCUT2D eigenvalue weighted by Gasteiger charge is 2.32. The normalized spacial score (nSPS) is 15.2. The maximum absolute atomic E-state index is 12.5. The van der Waals surface area contributed by atoms with E-state index in [0.29, 0.717) is 53.0 Å². The summed E-state index contributed by atoms with van der Waals surface area (Å²) < 4.78 is 28.0. The number of hydrazone groups is 1. The van der Waals surface area contributed by atoms with Gasteiger partial charge in [-0.1, -0.05) is 42.5 Å². The number of hydrogen-bond acceptors (Lipinski definition) is 10. The Hall–Kier alpha value is -5.23.